The fourth-order valence-electron chi connectivity index (χ4n) is 1.32. The molecule has 0 aliphatic carbocycles. The zero-order valence-corrected chi connectivity index (χ0v) is 9.95. The summed E-state index contributed by atoms with van der Waals surface area (Å²) in [5.74, 6) is 3.52. The van der Waals surface area contributed by atoms with Gasteiger partial charge in [-0.2, -0.15) is 0 Å². The van der Waals surface area contributed by atoms with Crippen molar-refractivity contribution in [2.75, 3.05) is 27.3 Å². The molecule has 1 N–H and O–H groups in total. The summed E-state index contributed by atoms with van der Waals surface area (Å²) in [6.45, 7) is 0.563. The molecule has 4 heteroatoms. The predicted molar refractivity (Wildman–Crippen MR) is 65.6 cm³/mol. The Morgan fingerprint density at radius 1 is 1.29 bits per heavy atom. The van der Waals surface area contributed by atoms with E-state index >= 15 is 0 Å². The first kappa shape index (κ1) is 13.1. The van der Waals surface area contributed by atoms with Crippen LogP contribution in [0.4, 0.5) is 0 Å². The number of nitrogens with one attached hydrogen (secondary N) is 1. The third-order valence-corrected chi connectivity index (χ3v) is 2.19. The lowest BCUT2D eigenvalue weighted by molar-refractivity contribution is 0.0992. The average molecular weight is 233 g/mol. The number of methoxy groups -OCH3 is 2. The lowest BCUT2D eigenvalue weighted by Gasteiger charge is -2.07. The minimum absolute atomic E-state index is 0.0579. The van der Waals surface area contributed by atoms with Gasteiger partial charge >= 0.3 is 0 Å². The van der Waals surface area contributed by atoms with E-state index in [2.05, 4.69) is 11.2 Å². The van der Waals surface area contributed by atoms with Gasteiger partial charge in [0.15, 0.2) is 5.78 Å². The second-order valence-electron chi connectivity index (χ2n) is 3.33. The van der Waals surface area contributed by atoms with Gasteiger partial charge < -0.3 is 9.47 Å². The van der Waals surface area contributed by atoms with Crippen LogP contribution >= 0.6 is 0 Å². The van der Waals surface area contributed by atoms with Crippen LogP contribution in [0.2, 0.25) is 0 Å². The number of Topliss-reactive ketones (excluding diaryl/α,β-unsaturated/α-hetero) is 1. The summed E-state index contributed by atoms with van der Waals surface area (Å²) in [5.41, 5.74) is 0.533. The van der Waals surface area contributed by atoms with Crippen LogP contribution in [0.1, 0.15) is 10.4 Å². The summed E-state index contributed by atoms with van der Waals surface area (Å²) < 4.78 is 10.2. The Morgan fingerprint density at radius 2 is 1.88 bits per heavy atom. The molecule has 0 radical (unpaired) electrons. The molecule has 0 saturated heterocycles. The molecule has 0 atom stereocenters. The second kappa shape index (κ2) is 6.56. The van der Waals surface area contributed by atoms with Crippen LogP contribution < -0.4 is 14.8 Å². The fraction of sp³-hybridized carbons (Fsp3) is 0.308. The van der Waals surface area contributed by atoms with E-state index in [9.17, 15) is 4.79 Å². The molecule has 90 valence electrons. The highest BCUT2D eigenvalue weighted by Crippen LogP contribution is 2.22. The van der Waals surface area contributed by atoms with Gasteiger partial charge in [0.05, 0.1) is 27.3 Å². The van der Waals surface area contributed by atoms with Gasteiger partial charge in [0.2, 0.25) is 0 Å². The summed E-state index contributed by atoms with van der Waals surface area (Å²) in [5, 5.41) is 2.84. The highest BCUT2D eigenvalue weighted by atomic mass is 16.5. The number of hydrogen-bond donors (Lipinski definition) is 1. The Balaban J connectivity index is 2.82. The number of carbonyl (C=O) groups excluding carboxylic acids is 1. The number of hydrogen-bond acceptors (Lipinski definition) is 4. The third-order valence-electron chi connectivity index (χ3n) is 2.19. The first-order chi connectivity index (χ1) is 8.21. The Kier molecular flexibility index (Phi) is 5.05. The zero-order valence-electron chi connectivity index (χ0n) is 9.95. The molecule has 1 aromatic carbocycles. The van der Waals surface area contributed by atoms with Gasteiger partial charge in [0.25, 0.3) is 0 Å². The van der Waals surface area contributed by atoms with Gasteiger partial charge in [-0.25, -0.2) is 0 Å². The van der Waals surface area contributed by atoms with E-state index in [-0.39, 0.29) is 12.3 Å². The van der Waals surface area contributed by atoms with Gasteiger partial charge in [-0.15, -0.1) is 6.42 Å². The average Bonchev–Trinajstić information content (AvgIpc) is 2.38. The molecule has 0 heterocycles. The lowest BCUT2D eigenvalue weighted by Crippen LogP contribution is -2.23. The maximum Gasteiger partial charge on any atom is 0.176 e. The van der Waals surface area contributed by atoms with E-state index in [1.807, 2.05) is 0 Å². The van der Waals surface area contributed by atoms with Crippen molar-refractivity contribution in [3.05, 3.63) is 23.8 Å². The van der Waals surface area contributed by atoms with Crippen LogP contribution in [0.25, 0.3) is 0 Å². The van der Waals surface area contributed by atoms with Gasteiger partial charge in [-0.05, 0) is 12.1 Å². The number of benzene rings is 1. The molecule has 1 aromatic rings. The maximum atomic E-state index is 11.8. The molecule has 0 aliphatic heterocycles. The van der Waals surface area contributed by atoms with Crippen LogP contribution in [0.3, 0.4) is 0 Å². The van der Waals surface area contributed by atoms with E-state index in [0.717, 1.165) is 0 Å². The van der Waals surface area contributed by atoms with E-state index in [1.54, 1.807) is 32.4 Å². The van der Waals surface area contributed by atoms with E-state index in [1.165, 1.54) is 0 Å². The summed E-state index contributed by atoms with van der Waals surface area (Å²) in [7, 11) is 3.08. The Hall–Kier alpha value is -1.99. The summed E-state index contributed by atoms with van der Waals surface area (Å²) in [4.78, 5) is 11.8. The number of ketones is 1. The van der Waals surface area contributed by atoms with Crippen molar-refractivity contribution in [3.8, 4) is 23.8 Å². The number of carbonyl (C=O) groups is 1. The van der Waals surface area contributed by atoms with Crippen LogP contribution in [-0.2, 0) is 0 Å². The van der Waals surface area contributed by atoms with Crippen molar-refractivity contribution in [2.45, 2.75) is 0 Å². The topological polar surface area (TPSA) is 47.6 Å². The van der Waals surface area contributed by atoms with Crippen LogP contribution in [-0.4, -0.2) is 33.1 Å². The third kappa shape index (κ3) is 3.82. The molecule has 0 bridgehead atoms. The Labute approximate surface area is 101 Å². The van der Waals surface area contributed by atoms with E-state index < -0.39 is 0 Å². The van der Waals surface area contributed by atoms with Crippen molar-refractivity contribution in [3.63, 3.8) is 0 Å². The first-order valence-corrected chi connectivity index (χ1v) is 5.11. The van der Waals surface area contributed by atoms with Crippen LogP contribution in [0, 0.1) is 12.3 Å². The quantitative estimate of drug-likeness (QED) is 0.454. The van der Waals surface area contributed by atoms with Gasteiger partial charge in [-0.3, -0.25) is 10.1 Å². The molecule has 0 aliphatic rings. The number of terminal acetylenes is 1. The Morgan fingerprint density at radius 3 is 2.35 bits per heavy atom. The van der Waals surface area contributed by atoms with Gasteiger partial charge in [-0.1, -0.05) is 5.92 Å². The molecule has 0 spiro atoms. The molecule has 0 saturated carbocycles. The minimum Gasteiger partial charge on any atom is -0.497 e. The Bertz CT molecular complexity index is 413. The highest BCUT2D eigenvalue weighted by molar-refractivity contribution is 5.98. The van der Waals surface area contributed by atoms with Gasteiger partial charge in [0.1, 0.15) is 11.5 Å². The molecule has 0 amide bonds. The van der Waals surface area contributed by atoms with Crippen molar-refractivity contribution in [1.29, 1.82) is 0 Å². The predicted octanol–water partition coefficient (Wildman–Crippen LogP) is 1.11. The number of rotatable bonds is 6. The monoisotopic (exact) mass is 233 g/mol. The highest BCUT2D eigenvalue weighted by Gasteiger charge is 2.09. The summed E-state index contributed by atoms with van der Waals surface area (Å²) >= 11 is 0. The molecular weight excluding hydrogens is 218 g/mol. The van der Waals surface area contributed by atoms with Crippen LogP contribution in [0.15, 0.2) is 18.2 Å². The minimum atomic E-state index is -0.0579. The van der Waals surface area contributed by atoms with Crippen molar-refractivity contribution in [1.82, 2.24) is 5.32 Å². The lowest BCUT2D eigenvalue weighted by atomic mass is 10.1. The summed E-state index contributed by atoms with van der Waals surface area (Å²) in [6.07, 6.45) is 5.08. The van der Waals surface area contributed by atoms with Crippen molar-refractivity contribution >= 4 is 5.78 Å². The largest absolute Gasteiger partial charge is 0.497 e. The zero-order chi connectivity index (χ0) is 12.7. The van der Waals surface area contributed by atoms with Crippen molar-refractivity contribution < 1.29 is 14.3 Å². The standard InChI is InChI=1S/C13H15NO3/c1-4-5-14-9-13(15)10-6-11(16-2)8-12(7-10)17-3/h1,6-8,14H,5,9H2,2-3H3. The van der Waals surface area contributed by atoms with E-state index in [4.69, 9.17) is 15.9 Å². The molecule has 17 heavy (non-hydrogen) atoms. The molecule has 0 fully saturated rings. The summed E-state index contributed by atoms with van der Waals surface area (Å²) in [6, 6.07) is 5.05. The fourth-order valence-corrected chi connectivity index (χ4v) is 1.32. The molecule has 0 aromatic heterocycles. The van der Waals surface area contributed by atoms with Gasteiger partial charge in [0, 0.05) is 11.6 Å². The first-order valence-electron chi connectivity index (χ1n) is 5.11. The smallest absolute Gasteiger partial charge is 0.176 e. The molecule has 1 rings (SSSR count). The molecular formula is C13H15NO3. The molecule has 0 unspecified atom stereocenters. The normalized spacial score (nSPS) is 9.47. The SMILES string of the molecule is C#CCNCC(=O)c1cc(OC)cc(OC)c1. The maximum absolute atomic E-state index is 11.8. The van der Waals surface area contributed by atoms with E-state index in [0.29, 0.717) is 23.6 Å². The van der Waals surface area contributed by atoms with Crippen LogP contribution in [0.5, 0.6) is 11.5 Å². The molecule has 4 nitrogen and oxygen atoms in total. The second-order valence-corrected chi connectivity index (χ2v) is 3.33. The van der Waals surface area contributed by atoms with Crippen molar-refractivity contribution in [2.24, 2.45) is 0 Å². The number of ether oxygens (including phenoxy) is 2.